The van der Waals surface area contributed by atoms with Crippen molar-refractivity contribution < 1.29 is 8.78 Å². The highest BCUT2D eigenvalue weighted by atomic mass is 127. The summed E-state index contributed by atoms with van der Waals surface area (Å²) in [6.45, 7) is 0. The molecule has 0 aliphatic heterocycles. The van der Waals surface area contributed by atoms with E-state index in [2.05, 4.69) is 4.98 Å². The van der Waals surface area contributed by atoms with E-state index in [4.69, 9.17) is 5.26 Å². The van der Waals surface area contributed by atoms with Crippen LogP contribution in [0.2, 0.25) is 0 Å². The average Bonchev–Trinajstić information content (AvgIpc) is 2.26. The molecule has 1 rings (SSSR count). The summed E-state index contributed by atoms with van der Waals surface area (Å²) in [6, 6.07) is 3.62. The van der Waals surface area contributed by atoms with Crippen LogP contribution in [0.3, 0.4) is 0 Å². The van der Waals surface area contributed by atoms with E-state index in [1.165, 1.54) is 6.20 Å². The van der Waals surface area contributed by atoms with E-state index >= 15 is 0 Å². The molecule has 0 aromatic carbocycles. The fourth-order valence-corrected chi connectivity index (χ4v) is 1.61. The van der Waals surface area contributed by atoms with Gasteiger partial charge in [0.15, 0.2) is 0 Å². The summed E-state index contributed by atoms with van der Waals surface area (Å²) in [7, 11) is 0. The van der Waals surface area contributed by atoms with Crippen LogP contribution in [0.1, 0.15) is 21.5 Å². The van der Waals surface area contributed by atoms with Crippen LogP contribution >= 0.6 is 22.6 Å². The Bertz CT molecular complexity index is 408. The maximum atomic E-state index is 11.8. The third kappa shape index (κ3) is 3.91. The zero-order chi connectivity index (χ0) is 11.3. The van der Waals surface area contributed by atoms with Crippen molar-refractivity contribution in [2.45, 2.75) is 10.3 Å². The summed E-state index contributed by atoms with van der Waals surface area (Å²) >= 11 is 2.05. The van der Waals surface area contributed by atoms with E-state index in [-0.39, 0.29) is 10.3 Å². The van der Waals surface area contributed by atoms with Crippen LogP contribution in [0.5, 0.6) is 0 Å². The van der Waals surface area contributed by atoms with E-state index < -0.39 is 6.08 Å². The van der Waals surface area contributed by atoms with E-state index in [1.807, 2.05) is 28.7 Å². The fourth-order valence-electron chi connectivity index (χ4n) is 1.02. The lowest BCUT2D eigenvalue weighted by Gasteiger charge is -2.06. The van der Waals surface area contributed by atoms with Gasteiger partial charge in [0.25, 0.3) is 6.08 Å². The Morgan fingerprint density at radius 3 is 2.93 bits per heavy atom. The summed E-state index contributed by atoms with van der Waals surface area (Å²) < 4.78 is 23.6. The summed E-state index contributed by atoms with van der Waals surface area (Å²) in [5.41, 5.74) is 1.23. The number of halogens is 3. The normalized spacial score (nSPS) is 11.6. The van der Waals surface area contributed by atoms with E-state index in [0.29, 0.717) is 5.56 Å². The van der Waals surface area contributed by atoms with Gasteiger partial charge >= 0.3 is 0 Å². The number of aromatic nitrogens is 1. The van der Waals surface area contributed by atoms with E-state index in [0.717, 1.165) is 11.6 Å². The minimum atomic E-state index is -1.68. The Morgan fingerprint density at radius 1 is 1.60 bits per heavy atom. The molecule has 0 saturated carbocycles. The molecule has 0 saturated heterocycles. The molecular weight excluding hydrogens is 313 g/mol. The fraction of sp³-hybridized carbons (Fsp3) is 0.200. The van der Waals surface area contributed by atoms with E-state index in [1.54, 1.807) is 12.3 Å². The van der Waals surface area contributed by atoms with Crippen molar-refractivity contribution in [1.82, 2.24) is 4.98 Å². The summed E-state index contributed by atoms with van der Waals surface area (Å²) in [4.78, 5) is 3.87. The second-order valence-corrected chi connectivity index (χ2v) is 4.32. The number of hydrogen-bond donors (Lipinski definition) is 0. The molecule has 0 radical (unpaired) electrons. The third-order valence-electron chi connectivity index (χ3n) is 1.73. The van der Waals surface area contributed by atoms with Crippen LogP contribution in [-0.2, 0) is 0 Å². The van der Waals surface area contributed by atoms with Crippen molar-refractivity contribution >= 4 is 22.6 Å². The van der Waals surface area contributed by atoms with Crippen LogP contribution in [0.25, 0.3) is 0 Å². The van der Waals surface area contributed by atoms with Crippen molar-refractivity contribution in [3.63, 3.8) is 0 Å². The second-order valence-electron chi connectivity index (χ2n) is 2.82. The summed E-state index contributed by atoms with van der Waals surface area (Å²) in [5.74, 6) is 0. The molecule has 1 aromatic heterocycles. The molecule has 15 heavy (non-hydrogen) atoms. The lowest BCUT2D eigenvalue weighted by Crippen LogP contribution is -1.91. The van der Waals surface area contributed by atoms with Gasteiger partial charge in [-0.15, -0.1) is 0 Å². The summed E-state index contributed by atoms with van der Waals surface area (Å²) in [5, 5.41) is 8.64. The van der Waals surface area contributed by atoms with Crippen molar-refractivity contribution in [2.75, 3.05) is 0 Å². The van der Waals surface area contributed by atoms with Gasteiger partial charge in [0.2, 0.25) is 0 Å². The van der Waals surface area contributed by atoms with Crippen LogP contribution in [0, 0.1) is 11.3 Å². The SMILES string of the molecule is N#Cc1cncc(C(I)CC=C(F)F)c1. The van der Waals surface area contributed by atoms with Gasteiger partial charge in [-0.05, 0) is 24.1 Å². The van der Waals surface area contributed by atoms with Crippen LogP contribution < -0.4 is 0 Å². The molecule has 1 atom stereocenters. The zero-order valence-corrected chi connectivity index (χ0v) is 9.78. The largest absolute Gasteiger partial charge is 0.266 e. The standard InChI is InChI=1S/C10H7F2IN2/c11-10(12)2-1-9(13)8-3-7(4-14)5-15-6-8/h2-3,5-6,9H,1H2. The van der Waals surface area contributed by atoms with Crippen molar-refractivity contribution in [1.29, 1.82) is 5.26 Å². The molecule has 78 valence electrons. The van der Waals surface area contributed by atoms with Gasteiger partial charge in [0.1, 0.15) is 6.07 Å². The highest BCUT2D eigenvalue weighted by Gasteiger charge is 2.07. The monoisotopic (exact) mass is 320 g/mol. The molecule has 1 heterocycles. The van der Waals surface area contributed by atoms with Crippen molar-refractivity contribution in [3.8, 4) is 6.07 Å². The van der Waals surface area contributed by atoms with Gasteiger partial charge in [0.05, 0.1) is 5.56 Å². The predicted octanol–water partition coefficient (Wildman–Crippen LogP) is 3.60. The molecule has 1 unspecified atom stereocenters. The Balaban J connectivity index is 2.78. The Labute approximate surface area is 99.8 Å². The predicted molar refractivity (Wildman–Crippen MR) is 60.6 cm³/mol. The smallest absolute Gasteiger partial charge is 0.263 e. The number of allylic oxidation sites excluding steroid dienone is 1. The molecule has 0 fully saturated rings. The van der Waals surface area contributed by atoms with Crippen molar-refractivity contribution in [2.24, 2.45) is 0 Å². The molecule has 5 heteroatoms. The average molecular weight is 320 g/mol. The molecule has 0 aliphatic rings. The van der Waals surface area contributed by atoms with Gasteiger partial charge in [-0.25, -0.2) is 0 Å². The number of nitrogens with zero attached hydrogens (tertiary/aromatic N) is 2. The molecule has 2 nitrogen and oxygen atoms in total. The van der Waals surface area contributed by atoms with Crippen LogP contribution in [0.15, 0.2) is 30.6 Å². The summed E-state index contributed by atoms with van der Waals surface area (Å²) in [6.07, 6.45) is 2.46. The van der Waals surface area contributed by atoms with Gasteiger partial charge < -0.3 is 0 Å². The molecule has 0 N–H and O–H groups in total. The third-order valence-corrected chi connectivity index (χ3v) is 2.96. The lowest BCUT2D eigenvalue weighted by molar-refractivity contribution is 0.417. The number of pyridine rings is 1. The molecule has 0 bridgehead atoms. The lowest BCUT2D eigenvalue weighted by atomic mass is 10.1. The first kappa shape index (κ1) is 12.0. The van der Waals surface area contributed by atoms with Gasteiger partial charge in [-0.3, -0.25) is 4.98 Å². The van der Waals surface area contributed by atoms with Crippen LogP contribution in [0.4, 0.5) is 8.78 Å². The molecule has 0 aliphatic carbocycles. The first-order valence-corrected chi connectivity index (χ1v) is 5.38. The number of rotatable bonds is 3. The van der Waals surface area contributed by atoms with Gasteiger partial charge in [0, 0.05) is 16.3 Å². The Hall–Kier alpha value is -1.03. The number of nitriles is 1. The van der Waals surface area contributed by atoms with Crippen LogP contribution in [-0.4, -0.2) is 4.98 Å². The minimum absolute atomic E-state index is 0.0927. The zero-order valence-electron chi connectivity index (χ0n) is 7.62. The first-order valence-electron chi connectivity index (χ1n) is 4.13. The number of alkyl halides is 1. The van der Waals surface area contributed by atoms with E-state index in [9.17, 15) is 8.78 Å². The number of hydrogen-bond acceptors (Lipinski definition) is 2. The minimum Gasteiger partial charge on any atom is -0.263 e. The topological polar surface area (TPSA) is 36.7 Å². The maximum Gasteiger partial charge on any atom is 0.266 e. The van der Waals surface area contributed by atoms with Gasteiger partial charge in [-0.2, -0.15) is 14.0 Å². The maximum absolute atomic E-state index is 11.8. The Morgan fingerprint density at radius 2 is 2.33 bits per heavy atom. The highest BCUT2D eigenvalue weighted by molar-refractivity contribution is 14.1. The van der Waals surface area contributed by atoms with Gasteiger partial charge in [-0.1, -0.05) is 22.6 Å². The molecule has 0 spiro atoms. The molecular formula is C10H7F2IN2. The molecule has 0 amide bonds. The van der Waals surface area contributed by atoms with Crippen molar-refractivity contribution in [3.05, 3.63) is 41.7 Å². The second kappa shape index (κ2) is 5.75. The quantitative estimate of drug-likeness (QED) is 0.630. The first-order chi connectivity index (χ1) is 7.13. The molecule has 1 aromatic rings. The Kier molecular flexibility index (Phi) is 4.62. The highest BCUT2D eigenvalue weighted by Crippen LogP contribution is 2.27.